The average molecular weight is 293 g/mol. The fourth-order valence-corrected chi connectivity index (χ4v) is 3.54. The fraction of sp³-hybridized carbons (Fsp3) is 0.429. The number of rotatable bonds is 6. The molecule has 1 N–H and O–H groups in total. The van der Waals surface area contributed by atoms with Crippen molar-refractivity contribution in [3.05, 3.63) is 71.8 Å². The monoisotopic (exact) mass is 293 g/mol. The number of nitrogens with one attached hydrogen (secondary N) is 1. The average Bonchev–Trinajstić information content (AvgIpc) is 2.60. The van der Waals surface area contributed by atoms with Crippen molar-refractivity contribution in [2.75, 3.05) is 0 Å². The highest BCUT2D eigenvalue weighted by Crippen LogP contribution is 2.20. The largest absolute Gasteiger partial charge is 0.311 e. The van der Waals surface area contributed by atoms with Gasteiger partial charge in [-0.3, -0.25) is 0 Å². The smallest absolute Gasteiger partial charge is 0.00728 e. The minimum Gasteiger partial charge on any atom is -0.311 e. The van der Waals surface area contributed by atoms with Gasteiger partial charge < -0.3 is 5.32 Å². The molecule has 1 heteroatoms. The van der Waals surface area contributed by atoms with E-state index in [0.29, 0.717) is 12.1 Å². The van der Waals surface area contributed by atoms with Gasteiger partial charge in [-0.05, 0) is 49.7 Å². The van der Waals surface area contributed by atoms with Crippen LogP contribution in [-0.2, 0) is 12.8 Å². The van der Waals surface area contributed by atoms with Crippen molar-refractivity contribution in [3.8, 4) is 0 Å². The predicted molar refractivity (Wildman–Crippen MR) is 94.1 cm³/mol. The lowest BCUT2D eigenvalue weighted by Gasteiger charge is -2.31. The van der Waals surface area contributed by atoms with E-state index in [-0.39, 0.29) is 0 Å². The molecule has 2 atom stereocenters. The highest BCUT2D eigenvalue weighted by molar-refractivity contribution is 5.15. The van der Waals surface area contributed by atoms with Gasteiger partial charge in [-0.2, -0.15) is 0 Å². The van der Waals surface area contributed by atoms with Crippen molar-refractivity contribution < 1.29 is 0 Å². The van der Waals surface area contributed by atoms with Crippen LogP contribution in [0.4, 0.5) is 0 Å². The van der Waals surface area contributed by atoms with Crippen LogP contribution in [0.15, 0.2) is 60.7 Å². The molecular formula is C21H27N. The molecule has 22 heavy (non-hydrogen) atoms. The molecular weight excluding hydrogens is 266 g/mol. The summed E-state index contributed by atoms with van der Waals surface area (Å²) in [7, 11) is 0. The molecule has 0 bridgehead atoms. The van der Waals surface area contributed by atoms with E-state index < -0.39 is 0 Å². The minimum atomic E-state index is 0.703. The maximum absolute atomic E-state index is 3.89. The standard InChI is InChI=1S/C21H27N/c1-3-8-18(9-4-1)14-16-20-12-7-13-21(22-20)17-15-19-10-5-2-6-11-19/h1-6,8-11,20-22H,7,12-17H2/t20-,21+. The summed E-state index contributed by atoms with van der Waals surface area (Å²) in [4.78, 5) is 0. The van der Waals surface area contributed by atoms with Crippen molar-refractivity contribution in [1.82, 2.24) is 5.32 Å². The Balaban J connectivity index is 1.43. The van der Waals surface area contributed by atoms with Crippen molar-refractivity contribution in [2.45, 2.75) is 57.0 Å². The summed E-state index contributed by atoms with van der Waals surface area (Å²) in [5.74, 6) is 0. The van der Waals surface area contributed by atoms with E-state index in [0.717, 1.165) is 0 Å². The fourth-order valence-electron chi connectivity index (χ4n) is 3.54. The van der Waals surface area contributed by atoms with E-state index in [4.69, 9.17) is 0 Å². The van der Waals surface area contributed by atoms with Crippen LogP contribution in [-0.4, -0.2) is 12.1 Å². The van der Waals surface area contributed by atoms with Crippen molar-refractivity contribution in [2.24, 2.45) is 0 Å². The zero-order valence-electron chi connectivity index (χ0n) is 13.4. The summed E-state index contributed by atoms with van der Waals surface area (Å²) in [6, 6.07) is 23.2. The van der Waals surface area contributed by atoms with Crippen LogP contribution in [0.3, 0.4) is 0 Å². The summed E-state index contributed by atoms with van der Waals surface area (Å²) < 4.78 is 0. The lowest BCUT2D eigenvalue weighted by atomic mass is 9.91. The Bertz CT molecular complexity index is 485. The molecule has 1 heterocycles. The second-order valence-electron chi connectivity index (χ2n) is 6.54. The summed E-state index contributed by atoms with van der Waals surface area (Å²) in [6.07, 6.45) is 9.00. The van der Waals surface area contributed by atoms with Gasteiger partial charge in [-0.1, -0.05) is 67.1 Å². The van der Waals surface area contributed by atoms with Gasteiger partial charge in [-0.15, -0.1) is 0 Å². The second kappa shape index (κ2) is 8.14. The Morgan fingerprint density at radius 2 is 1.14 bits per heavy atom. The third-order valence-corrected chi connectivity index (χ3v) is 4.83. The zero-order valence-corrected chi connectivity index (χ0v) is 13.4. The first-order valence-corrected chi connectivity index (χ1v) is 8.74. The molecule has 0 unspecified atom stereocenters. The first kappa shape index (κ1) is 15.3. The number of benzene rings is 2. The SMILES string of the molecule is c1ccc(CC[C@H]2CCC[C@@H](CCc3ccccc3)N2)cc1. The molecule has 0 aromatic heterocycles. The van der Waals surface area contributed by atoms with Gasteiger partial charge in [0.2, 0.25) is 0 Å². The number of piperidine rings is 1. The van der Waals surface area contributed by atoms with Crippen LogP contribution in [0.25, 0.3) is 0 Å². The molecule has 3 rings (SSSR count). The Hall–Kier alpha value is -1.60. The molecule has 1 nitrogen and oxygen atoms in total. The number of hydrogen-bond acceptors (Lipinski definition) is 1. The molecule has 0 amide bonds. The topological polar surface area (TPSA) is 12.0 Å². The maximum Gasteiger partial charge on any atom is 0.00728 e. The van der Waals surface area contributed by atoms with Crippen molar-refractivity contribution in [1.29, 1.82) is 0 Å². The van der Waals surface area contributed by atoms with E-state index in [2.05, 4.69) is 66.0 Å². The molecule has 1 fully saturated rings. The Kier molecular flexibility index (Phi) is 5.66. The molecule has 0 aliphatic carbocycles. The maximum atomic E-state index is 3.89. The summed E-state index contributed by atoms with van der Waals surface area (Å²) in [6.45, 7) is 0. The van der Waals surface area contributed by atoms with Crippen LogP contribution in [0.1, 0.15) is 43.2 Å². The van der Waals surface area contributed by atoms with Crippen LogP contribution in [0.5, 0.6) is 0 Å². The lowest BCUT2D eigenvalue weighted by molar-refractivity contribution is 0.297. The third kappa shape index (κ3) is 4.71. The molecule has 2 aromatic rings. The number of aryl methyl sites for hydroxylation is 2. The Morgan fingerprint density at radius 3 is 1.59 bits per heavy atom. The van der Waals surface area contributed by atoms with Crippen LogP contribution < -0.4 is 5.32 Å². The van der Waals surface area contributed by atoms with Crippen LogP contribution >= 0.6 is 0 Å². The molecule has 0 radical (unpaired) electrons. The highest BCUT2D eigenvalue weighted by atomic mass is 15.0. The Labute approximate surface area is 134 Å². The molecule has 0 spiro atoms. The van der Waals surface area contributed by atoms with Gasteiger partial charge in [-0.25, -0.2) is 0 Å². The van der Waals surface area contributed by atoms with Gasteiger partial charge in [0, 0.05) is 12.1 Å². The van der Waals surface area contributed by atoms with Gasteiger partial charge >= 0.3 is 0 Å². The van der Waals surface area contributed by atoms with Crippen LogP contribution in [0.2, 0.25) is 0 Å². The van der Waals surface area contributed by atoms with Gasteiger partial charge in [0.25, 0.3) is 0 Å². The molecule has 116 valence electrons. The number of hydrogen-bond donors (Lipinski definition) is 1. The summed E-state index contributed by atoms with van der Waals surface area (Å²) >= 11 is 0. The highest BCUT2D eigenvalue weighted by Gasteiger charge is 2.20. The van der Waals surface area contributed by atoms with Gasteiger partial charge in [0.15, 0.2) is 0 Å². The van der Waals surface area contributed by atoms with E-state index in [1.807, 2.05) is 0 Å². The second-order valence-corrected chi connectivity index (χ2v) is 6.54. The molecule has 1 aliphatic heterocycles. The first-order chi connectivity index (χ1) is 10.9. The summed E-state index contributed by atoms with van der Waals surface area (Å²) in [5, 5.41) is 3.89. The zero-order chi connectivity index (χ0) is 15.0. The normalized spacial score (nSPS) is 21.6. The molecule has 1 saturated heterocycles. The molecule has 2 aromatic carbocycles. The van der Waals surface area contributed by atoms with Gasteiger partial charge in [0.05, 0.1) is 0 Å². The molecule has 1 aliphatic rings. The van der Waals surface area contributed by atoms with Crippen molar-refractivity contribution in [3.63, 3.8) is 0 Å². The first-order valence-electron chi connectivity index (χ1n) is 8.74. The minimum absolute atomic E-state index is 0.703. The van der Waals surface area contributed by atoms with E-state index in [9.17, 15) is 0 Å². The van der Waals surface area contributed by atoms with E-state index >= 15 is 0 Å². The Morgan fingerprint density at radius 1 is 0.682 bits per heavy atom. The van der Waals surface area contributed by atoms with Crippen molar-refractivity contribution >= 4 is 0 Å². The van der Waals surface area contributed by atoms with E-state index in [1.165, 1.54) is 56.1 Å². The lowest BCUT2D eigenvalue weighted by Crippen LogP contribution is -2.42. The van der Waals surface area contributed by atoms with Gasteiger partial charge in [0.1, 0.15) is 0 Å². The molecule has 0 saturated carbocycles. The summed E-state index contributed by atoms with van der Waals surface area (Å²) in [5.41, 5.74) is 2.94. The predicted octanol–water partition coefficient (Wildman–Crippen LogP) is 4.76. The van der Waals surface area contributed by atoms with E-state index in [1.54, 1.807) is 0 Å². The van der Waals surface area contributed by atoms with Crippen LogP contribution in [0, 0.1) is 0 Å². The third-order valence-electron chi connectivity index (χ3n) is 4.83. The quantitative estimate of drug-likeness (QED) is 0.809.